The second kappa shape index (κ2) is 5.16. The van der Waals surface area contributed by atoms with Gasteiger partial charge in [-0.1, -0.05) is 6.07 Å². The van der Waals surface area contributed by atoms with E-state index in [1.165, 1.54) is 18.5 Å². The van der Waals surface area contributed by atoms with Crippen LogP contribution in [0.2, 0.25) is 0 Å². The van der Waals surface area contributed by atoms with Crippen molar-refractivity contribution in [2.45, 2.75) is 6.18 Å². The number of hydrogen-bond acceptors (Lipinski definition) is 4. The maximum atomic E-state index is 13.2. The minimum Gasteiger partial charge on any atom is -0.278 e. The number of nitrogens with one attached hydrogen (secondary N) is 2. The molecule has 0 radical (unpaired) electrons. The quantitative estimate of drug-likeness (QED) is 0.474. The first kappa shape index (κ1) is 15.6. The van der Waals surface area contributed by atoms with Gasteiger partial charge < -0.3 is 0 Å². The Labute approximate surface area is 147 Å². The number of pyridine rings is 2. The summed E-state index contributed by atoms with van der Waals surface area (Å²) in [5, 5.41) is 14.6. The van der Waals surface area contributed by atoms with E-state index < -0.39 is 17.4 Å². The first-order valence-electron chi connectivity index (χ1n) is 7.83. The van der Waals surface area contributed by atoms with Crippen molar-refractivity contribution >= 4 is 32.8 Å². The largest absolute Gasteiger partial charge is 0.433 e. The Morgan fingerprint density at radius 1 is 0.926 bits per heavy atom. The maximum absolute atomic E-state index is 13.2. The fraction of sp³-hybridized carbons (Fsp3) is 0.0588. The van der Waals surface area contributed by atoms with Gasteiger partial charge in [-0.05, 0) is 24.3 Å². The second-order valence-electron chi connectivity index (χ2n) is 5.97. The van der Waals surface area contributed by atoms with Gasteiger partial charge >= 0.3 is 6.18 Å². The highest BCUT2D eigenvalue weighted by Gasteiger charge is 2.33. The average molecular weight is 370 g/mol. The lowest BCUT2D eigenvalue weighted by Gasteiger charge is -2.13. The number of aromatic nitrogens is 6. The zero-order chi connectivity index (χ0) is 18.8. The molecule has 4 heterocycles. The molecule has 10 heteroatoms. The van der Waals surface area contributed by atoms with Crippen LogP contribution in [0.15, 0.2) is 47.5 Å². The minimum absolute atomic E-state index is 0.0996. The van der Waals surface area contributed by atoms with Crippen molar-refractivity contribution in [1.29, 1.82) is 0 Å². The highest BCUT2D eigenvalue weighted by atomic mass is 19.4. The third-order valence-electron chi connectivity index (χ3n) is 4.43. The lowest BCUT2D eigenvalue weighted by molar-refractivity contribution is -0.141. The molecule has 0 unspecified atom stereocenters. The Morgan fingerprint density at radius 3 is 2.52 bits per heavy atom. The molecule has 2 N–H and O–H groups in total. The smallest absolute Gasteiger partial charge is 0.278 e. The number of rotatable bonds is 1. The Bertz CT molecular complexity index is 1400. The molecular weight excluding hydrogens is 361 g/mol. The number of aromatic amines is 2. The van der Waals surface area contributed by atoms with Crippen molar-refractivity contribution in [3.63, 3.8) is 0 Å². The lowest BCUT2D eigenvalue weighted by atomic mass is 10.1. The van der Waals surface area contributed by atoms with Gasteiger partial charge in [0.05, 0.1) is 23.6 Å². The van der Waals surface area contributed by atoms with E-state index in [1.807, 2.05) is 0 Å². The number of H-pyrrole nitrogens is 2. The number of hydrogen-bond donors (Lipinski definition) is 2. The predicted molar refractivity (Wildman–Crippen MR) is 91.6 cm³/mol. The summed E-state index contributed by atoms with van der Waals surface area (Å²) in [6, 6.07) is 7.25. The van der Waals surface area contributed by atoms with Crippen LogP contribution in [0.1, 0.15) is 5.69 Å². The summed E-state index contributed by atoms with van der Waals surface area (Å²) in [4.78, 5) is 16.8. The molecular formula is C17H9F3N6O. The number of benzene rings is 1. The summed E-state index contributed by atoms with van der Waals surface area (Å²) in [6.45, 7) is 0. The van der Waals surface area contributed by atoms with Crippen LogP contribution in [0.3, 0.4) is 0 Å². The topological polar surface area (TPSA) is 92.2 Å². The van der Waals surface area contributed by atoms with Crippen molar-refractivity contribution in [3.8, 4) is 5.69 Å². The van der Waals surface area contributed by atoms with E-state index in [4.69, 9.17) is 0 Å². The second-order valence-corrected chi connectivity index (χ2v) is 5.97. The van der Waals surface area contributed by atoms with Gasteiger partial charge in [-0.2, -0.15) is 23.4 Å². The maximum Gasteiger partial charge on any atom is 0.433 e. The van der Waals surface area contributed by atoms with E-state index in [2.05, 4.69) is 25.4 Å². The van der Waals surface area contributed by atoms with Gasteiger partial charge in [-0.3, -0.25) is 19.6 Å². The lowest BCUT2D eigenvalue weighted by Crippen LogP contribution is -2.21. The van der Waals surface area contributed by atoms with Gasteiger partial charge in [0.2, 0.25) is 0 Å². The van der Waals surface area contributed by atoms with Crippen LogP contribution in [0.5, 0.6) is 0 Å². The Morgan fingerprint density at radius 2 is 1.70 bits per heavy atom. The Balaban J connectivity index is 2.01. The third kappa shape index (κ3) is 2.16. The zero-order valence-corrected chi connectivity index (χ0v) is 13.4. The molecule has 4 aromatic heterocycles. The molecule has 0 atom stereocenters. The van der Waals surface area contributed by atoms with Gasteiger partial charge in [0.1, 0.15) is 16.9 Å². The molecule has 1 aromatic carbocycles. The normalized spacial score (nSPS) is 12.4. The van der Waals surface area contributed by atoms with E-state index in [-0.39, 0.29) is 11.2 Å². The van der Waals surface area contributed by atoms with Gasteiger partial charge in [0.25, 0.3) is 5.56 Å². The molecule has 0 amide bonds. The fourth-order valence-corrected chi connectivity index (χ4v) is 3.22. The van der Waals surface area contributed by atoms with Crippen LogP contribution in [-0.2, 0) is 6.18 Å². The summed E-state index contributed by atoms with van der Waals surface area (Å²) < 4.78 is 40.8. The summed E-state index contributed by atoms with van der Waals surface area (Å²) in [7, 11) is 0. The molecule has 0 aliphatic heterocycles. The summed E-state index contributed by atoms with van der Waals surface area (Å²) in [6.07, 6.45) is -1.73. The molecule has 5 rings (SSSR count). The highest BCUT2D eigenvalue weighted by molar-refractivity contribution is 6.04. The molecule has 134 valence electrons. The van der Waals surface area contributed by atoms with E-state index in [1.54, 1.807) is 18.2 Å². The monoisotopic (exact) mass is 370 g/mol. The molecule has 27 heavy (non-hydrogen) atoms. The van der Waals surface area contributed by atoms with Crippen molar-refractivity contribution in [1.82, 2.24) is 29.9 Å². The van der Waals surface area contributed by atoms with Crippen LogP contribution < -0.4 is 5.56 Å². The number of fused-ring (bicyclic) bond motifs is 4. The van der Waals surface area contributed by atoms with Crippen LogP contribution >= 0.6 is 0 Å². The van der Waals surface area contributed by atoms with Crippen molar-refractivity contribution in [2.75, 3.05) is 0 Å². The minimum atomic E-state index is -4.64. The molecule has 0 saturated carbocycles. The zero-order valence-electron chi connectivity index (χ0n) is 13.4. The third-order valence-corrected chi connectivity index (χ3v) is 4.43. The van der Waals surface area contributed by atoms with E-state index in [0.29, 0.717) is 27.4 Å². The van der Waals surface area contributed by atoms with Crippen molar-refractivity contribution in [2.24, 2.45) is 0 Å². The first-order chi connectivity index (χ1) is 12.9. The predicted octanol–water partition coefficient (Wildman–Crippen LogP) is 3.16. The Hall–Kier alpha value is -3.69. The van der Waals surface area contributed by atoms with Gasteiger partial charge in [-0.15, -0.1) is 0 Å². The average Bonchev–Trinajstić information content (AvgIpc) is 3.30. The van der Waals surface area contributed by atoms with Crippen LogP contribution in [0, 0.1) is 0 Å². The molecule has 0 spiro atoms. The molecule has 0 saturated heterocycles. The molecule has 0 fully saturated rings. The standard InChI is InChI=1S/C17H9F3N6O/c18-17(19,20)13-5-4-8-9-6-22-25-14(9)16(27)26(15(8)23-13)12-3-1-2-11-10(12)7-21-24-11/h1-7H,(H,21,24)(H,22,25). The van der Waals surface area contributed by atoms with Crippen molar-refractivity contribution in [3.05, 3.63) is 58.8 Å². The summed E-state index contributed by atoms with van der Waals surface area (Å²) in [5.74, 6) is 0. The van der Waals surface area contributed by atoms with Crippen molar-refractivity contribution < 1.29 is 13.2 Å². The van der Waals surface area contributed by atoms with E-state index in [9.17, 15) is 18.0 Å². The fourth-order valence-electron chi connectivity index (χ4n) is 3.22. The highest BCUT2D eigenvalue weighted by Crippen LogP contribution is 2.31. The number of halogens is 3. The summed E-state index contributed by atoms with van der Waals surface area (Å²) in [5.41, 5.74) is -0.522. The molecule has 0 aliphatic carbocycles. The SMILES string of the molecule is O=c1c2[nH]ncc2c2ccc(C(F)(F)F)nc2n1-c1cccc2[nH]ncc12. The number of nitrogens with zero attached hydrogens (tertiary/aromatic N) is 4. The van der Waals surface area contributed by atoms with E-state index >= 15 is 0 Å². The van der Waals surface area contributed by atoms with Gasteiger partial charge in [0.15, 0.2) is 0 Å². The van der Waals surface area contributed by atoms with E-state index in [0.717, 1.165) is 10.6 Å². The molecule has 0 bridgehead atoms. The molecule has 5 aromatic rings. The first-order valence-corrected chi connectivity index (χ1v) is 7.83. The van der Waals surface area contributed by atoms with Crippen LogP contribution in [-0.4, -0.2) is 29.9 Å². The van der Waals surface area contributed by atoms with Crippen LogP contribution in [0.4, 0.5) is 13.2 Å². The number of alkyl halides is 3. The molecule has 0 aliphatic rings. The summed E-state index contributed by atoms with van der Waals surface area (Å²) >= 11 is 0. The van der Waals surface area contributed by atoms with Gasteiger partial charge in [0, 0.05) is 16.2 Å². The van der Waals surface area contributed by atoms with Crippen LogP contribution in [0.25, 0.3) is 38.5 Å². The molecule has 7 nitrogen and oxygen atoms in total. The van der Waals surface area contributed by atoms with Gasteiger partial charge in [-0.25, -0.2) is 4.98 Å². The Kier molecular flexibility index (Phi) is 2.97.